The Bertz CT molecular complexity index is 1080. The van der Waals surface area contributed by atoms with Crippen LogP contribution in [0, 0.1) is 0 Å². The second kappa shape index (κ2) is 7.76. The molecule has 3 aromatic rings. The van der Waals surface area contributed by atoms with Gasteiger partial charge in [0.05, 0.1) is 6.54 Å². The Kier molecular flexibility index (Phi) is 5.18. The van der Waals surface area contributed by atoms with Gasteiger partial charge in [-0.3, -0.25) is 14.2 Å². The van der Waals surface area contributed by atoms with E-state index in [-0.39, 0.29) is 23.1 Å². The second-order valence-corrected chi connectivity index (χ2v) is 7.77. The van der Waals surface area contributed by atoms with Crippen LogP contribution >= 0.6 is 11.6 Å². The van der Waals surface area contributed by atoms with Crippen molar-refractivity contribution in [3.63, 3.8) is 0 Å². The fourth-order valence-corrected chi connectivity index (χ4v) is 3.96. The van der Waals surface area contributed by atoms with Gasteiger partial charge >= 0.3 is 0 Å². The molecule has 28 heavy (non-hydrogen) atoms. The molecule has 1 saturated heterocycles. The van der Waals surface area contributed by atoms with Gasteiger partial charge in [-0.25, -0.2) is 4.98 Å². The van der Waals surface area contributed by atoms with Crippen molar-refractivity contribution in [2.45, 2.75) is 38.8 Å². The quantitative estimate of drug-likeness (QED) is 0.670. The van der Waals surface area contributed by atoms with Crippen molar-refractivity contribution in [1.29, 1.82) is 0 Å². The Balaban J connectivity index is 1.82. The molecule has 4 rings (SSSR count). The molecule has 1 amide bonds. The highest BCUT2D eigenvalue weighted by atomic mass is 35.5. The summed E-state index contributed by atoms with van der Waals surface area (Å²) < 4.78 is 1.58. The summed E-state index contributed by atoms with van der Waals surface area (Å²) in [5.74, 6) is -0.187. The second-order valence-electron chi connectivity index (χ2n) is 7.34. The number of rotatable bonds is 3. The molecule has 5 nitrogen and oxygen atoms in total. The van der Waals surface area contributed by atoms with Gasteiger partial charge in [-0.15, -0.1) is 0 Å². The lowest BCUT2D eigenvalue weighted by Crippen LogP contribution is -2.44. The zero-order valence-electron chi connectivity index (χ0n) is 15.8. The van der Waals surface area contributed by atoms with Crippen LogP contribution in [0.2, 0.25) is 5.02 Å². The molecule has 2 aromatic heterocycles. The molecular formula is C22H22ClN3O2. The molecule has 0 saturated carbocycles. The van der Waals surface area contributed by atoms with Gasteiger partial charge in [0.1, 0.15) is 11.2 Å². The number of fused-ring (bicyclic) bond motifs is 1. The molecule has 3 heterocycles. The van der Waals surface area contributed by atoms with Crippen LogP contribution in [-0.4, -0.2) is 32.9 Å². The number of piperidine rings is 1. The number of carbonyl (C=O) groups is 1. The van der Waals surface area contributed by atoms with Crippen LogP contribution in [0.5, 0.6) is 0 Å². The minimum absolute atomic E-state index is 0.148. The summed E-state index contributed by atoms with van der Waals surface area (Å²) in [6.07, 6.45) is 4.73. The molecule has 1 atom stereocenters. The minimum atomic E-state index is -0.302. The molecule has 0 N–H and O–H groups in total. The van der Waals surface area contributed by atoms with Crippen LogP contribution in [0.25, 0.3) is 11.0 Å². The Morgan fingerprint density at radius 1 is 1.21 bits per heavy atom. The maximum absolute atomic E-state index is 13.3. The zero-order valence-corrected chi connectivity index (χ0v) is 16.5. The van der Waals surface area contributed by atoms with Crippen molar-refractivity contribution in [2.75, 3.05) is 6.54 Å². The SMILES string of the molecule is C[C@@H]1CCCCN1C(=O)c1cc2cccnc2n(Cc2ccc(Cl)cc2)c1=O. The first-order chi connectivity index (χ1) is 13.5. The standard InChI is InChI=1S/C22H22ClN3O2/c1-15-5-2-3-12-25(15)21(27)19-13-17-6-4-11-24-20(17)26(22(19)28)14-16-7-9-18(23)10-8-16/h4,6-11,13,15H,2-3,5,12,14H2,1H3/t15-/m1/s1. The molecule has 1 fully saturated rings. The number of nitrogens with zero attached hydrogens (tertiary/aromatic N) is 3. The number of carbonyl (C=O) groups excluding carboxylic acids is 1. The van der Waals surface area contributed by atoms with E-state index < -0.39 is 0 Å². The number of hydrogen-bond acceptors (Lipinski definition) is 3. The van der Waals surface area contributed by atoms with Crippen LogP contribution < -0.4 is 5.56 Å². The normalized spacial score (nSPS) is 17.1. The molecule has 6 heteroatoms. The van der Waals surface area contributed by atoms with Crippen LogP contribution in [0.15, 0.2) is 53.5 Å². The van der Waals surface area contributed by atoms with Crippen molar-refractivity contribution in [3.8, 4) is 0 Å². The molecule has 144 valence electrons. The zero-order chi connectivity index (χ0) is 19.7. The van der Waals surface area contributed by atoms with E-state index in [1.54, 1.807) is 29.0 Å². The molecule has 1 aliphatic rings. The maximum atomic E-state index is 13.3. The highest BCUT2D eigenvalue weighted by Gasteiger charge is 2.27. The van der Waals surface area contributed by atoms with E-state index >= 15 is 0 Å². The molecule has 0 radical (unpaired) electrons. The third-order valence-corrected chi connectivity index (χ3v) is 5.65. The van der Waals surface area contributed by atoms with E-state index in [9.17, 15) is 9.59 Å². The van der Waals surface area contributed by atoms with Gasteiger partial charge in [0, 0.05) is 29.2 Å². The summed E-state index contributed by atoms with van der Waals surface area (Å²) in [7, 11) is 0. The van der Waals surface area contributed by atoms with E-state index in [0.717, 1.165) is 30.2 Å². The average molecular weight is 396 g/mol. The molecule has 1 aromatic carbocycles. The van der Waals surface area contributed by atoms with Gasteiger partial charge < -0.3 is 4.90 Å². The first kappa shape index (κ1) is 18.7. The first-order valence-corrected chi connectivity index (χ1v) is 9.96. The van der Waals surface area contributed by atoms with Crippen molar-refractivity contribution in [1.82, 2.24) is 14.5 Å². The maximum Gasteiger partial charge on any atom is 0.265 e. The monoisotopic (exact) mass is 395 g/mol. The van der Waals surface area contributed by atoms with Crippen LogP contribution in [0.1, 0.15) is 42.1 Å². The smallest absolute Gasteiger partial charge is 0.265 e. The van der Waals surface area contributed by atoms with Gasteiger partial charge in [-0.05, 0) is 62.1 Å². The highest BCUT2D eigenvalue weighted by Crippen LogP contribution is 2.20. The van der Waals surface area contributed by atoms with Gasteiger partial charge in [-0.2, -0.15) is 0 Å². The van der Waals surface area contributed by atoms with Crippen molar-refractivity contribution in [2.24, 2.45) is 0 Å². The Morgan fingerprint density at radius 3 is 2.75 bits per heavy atom. The Morgan fingerprint density at radius 2 is 2.00 bits per heavy atom. The van der Waals surface area contributed by atoms with Gasteiger partial charge in [0.25, 0.3) is 11.5 Å². The summed E-state index contributed by atoms with van der Waals surface area (Å²) in [6.45, 7) is 3.08. The molecule has 0 unspecified atom stereocenters. The number of amides is 1. The number of benzene rings is 1. The number of hydrogen-bond donors (Lipinski definition) is 0. The van der Waals surface area contributed by atoms with E-state index in [0.29, 0.717) is 23.8 Å². The Hall–Kier alpha value is -2.66. The number of pyridine rings is 2. The van der Waals surface area contributed by atoms with Crippen molar-refractivity contribution in [3.05, 3.63) is 75.2 Å². The lowest BCUT2D eigenvalue weighted by atomic mass is 10.0. The summed E-state index contributed by atoms with van der Waals surface area (Å²) >= 11 is 5.98. The van der Waals surface area contributed by atoms with Crippen molar-refractivity contribution >= 4 is 28.5 Å². The lowest BCUT2D eigenvalue weighted by molar-refractivity contribution is 0.0633. The number of likely N-dealkylation sites (tertiary alicyclic amines) is 1. The lowest BCUT2D eigenvalue weighted by Gasteiger charge is -2.33. The Labute approximate surface area is 168 Å². The molecule has 1 aliphatic heterocycles. The predicted octanol–water partition coefficient (Wildman–Crippen LogP) is 4.11. The van der Waals surface area contributed by atoms with Crippen molar-refractivity contribution < 1.29 is 4.79 Å². The largest absolute Gasteiger partial charge is 0.336 e. The molecular weight excluding hydrogens is 374 g/mol. The topological polar surface area (TPSA) is 55.2 Å². The number of aromatic nitrogens is 2. The average Bonchev–Trinajstić information content (AvgIpc) is 2.71. The van der Waals surface area contributed by atoms with Crippen LogP contribution in [0.3, 0.4) is 0 Å². The third-order valence-electron chi connectivity index (χ3n) is 5.40. The van der Waals surface area contributed by atoms with Gasteiger partial charge in [0.15, 0.2) is 0 Å². The minimum Gasteiger partial charge on any atom is -0.336 e. The van der Waals surface area contributed by atoms with Crippen LogP contribution in [0.4, 0.5) is 0 Å². The fourth-order valence-electron chi connectivity index (χ4n) is 3.83. The predicted molar refractivity (Wildman–Crippen MR) is 111 cm³/mol. The molecule has 0 spiro atoms. The molecule has 0 aliphatic carbocycles. The van der Waals surface area contributed by atoms with Crippen LogP contribution in [-0.2, 0) is 6.54 Å². The fraction of sp³-hybridized carbons (Fsp3) is 0.318. The summed E-state index contributed by atoms with van der Waals surface area (Å²) in [4.78, 5) is 32.7. The third kappa shape index (κ3) is 3.54. The van der Waals surface area contributed by atoms with E-state index in [1.165, 1.54) is 0 Å². The number of halogens is 1. The highest BCUT2D eigenvalue weighted by molar-refractivity contribution is 6.30. The summed E-state index contributed by atoms with van der Waals surface area (Å²) in [5, 5.41) is 1.42. The first-order valence-electron chi connectivity index (χ1n) is 9.58. The van der Waals surface area contributed by atoms with Gasteiger partial charge in [-0.1, -0.05) is 23.7 Å². The van der Waals surface area contributed by atoms with E-state index in [4.69, 9.17) is 11.6 Å². The van der Waals surface area contributed by atoms with Gasteiger partial charge in [0.2, 0.25) is 0 Å². The molecule has 0 bridgehead atoms. The summed E-state index contributed by atoms with van der Waals surface area (Å²) in [6, 6.07) is 12.9. The van der Waals surface area contributed by atoms with E-state index in [1.807, 2.05) is 36.1 Å². The van der Waals surface area contributed by atoms with E-state index in [2.05, 4.69) is 4.98 Å². The summed E-state index contributed by atoms with van der Waals surface area (Å²) in [5.41, 5.74) is 1.41.